The van der Waals surface area contributed by atoms with E-state index in [1.807, 2.05) is 34.5 Å². The number of allylic oxidation sites excluding steroid dienone is 1. The average Bonchev–Trinajstić information content (AvgIpc) is 3.49. The van der Waals surface area contributed by atoms with Crippen LogP contribution in [0.15, 0.2) is 65.2 Å². The third-order valence-corrected chi connectivity index (χ3v) is 14.4. The fraction of sp³-hybridized carbons (Fsp3) is 0.474. The van der Waals surface area contributed by atoms with Crippen molar-refractivity contribution in [3.05, 3.63) is 93.8 Å². The Labute approximate surface area is 308 Å². The Kier molecular flexibility index (Phi) is 9.73. The minimum Gasteiger partial charge on any atom is -0.490 e. The van der Waals surface area contributed by atoms with Crippen LogP contribution < -0.4 is 14.4 Å². The van der Waals surface area contributed by atoms with Crippen molar-refractivity contribution in [2.24, 2.45) is 16.2 Å². The monoisotopic (exact) mass is 750 g/mol. The molecule has 1 fully saturated rings. The van der Waals surface area contributed by atoms with Crippen LogP contribution in [0.2, 0.25) is 5.02 Å². The number of halogens is 1. The lowest BCUT2D eigenvalue weighted by atomic mass is 9.70. The van der Waals surface area contributed by atoms with Crippen LogP contribution in [0.4, 0.5) is 5.69 Å². The largest absolute Gasteiger partial charge is 0.490 e. The fourth-order valence-corrected chi connectivity index (χ4v) is 11.4. The van der Waals surface area contributed by atoms with Gasteiger partial charge in [-0.25, -0.2) is 4.21 Å². The molecule has 1 aliphatic carbocycles. The highest BCUT2D eigenvalue weighted by molar-refractivity contribution is 8.00. The SMILES string of the molecule is CO[C@H]1/C=C/CCCS(=O)(NC(=O)c2cc3n(c2)CCOC3)=NC(=O)c2ccc3c(c2)N(C[C@@H]2CC[C@H]21)C[C@]1(CO3)SCCc2cc(Cl)ccc21. The first-order valence-electron chi connectivity index (χ1n) is 17.7. The Hall–Kier alpha value is -3.29. The summed E-state index contributed by atoms with van der Waals surface area (Å²) < 4.78 is 41.2. The second-order valence-electron chi connectivity index (χ2n) is 14.2. The molecule has 2 bridgehead atoms. The van der Waals surface area contributed by atoms with Crippen molar-refractivity contribution in [3.8, 4) is 5.75 Å². The maximum absolute atomic E-state index is 14.4. The van der Waals surface area contributed by atoms with Crippen molar-refractivity contribution in [1.82, 2.24) is 9.29 Å². The van der Waals surface area contributed by atoms with Gasteiger partial charge in [0.15, 0.2) is 0 Å². The Balaban J connectivity index is 1.17. The van der Waals surface area contributed by atoms with E-state index in [0.29, 0.717) is 74.5 Å². The quantitative estimate of drug-likeness (QED) is 0.307. The van der Waals surface area contributed by atoms with E-state index in [-0.39, 0.29) is 16.6 Å². The predicted octanol–water partition coefficient (Wildman–Crippen LogP) is 6.40. The van der Waals surface area contributed by atoms with E-state index in [1.54, 1.807) is 25.4 Å². The van der Waals surface area contributed by atoms with Crippen LogP contribution in [0.5, 0.6) is 5.75 Å². The van der Waals surface area contributed by atoms with Crippen LogP contribution in [-0.2, 0) is 43.7 Å². The fourth-order valence-electron chi connectivity index (χ4n) is 8.13. The molecule has 1 saturated carbocycles. The number of hydrogen-bond donors (Lipinski definition) is 1. The number of carbonyl (C=O) groups excluding carboxylic acids is 2. The number of aromatic nitrogens is 1. The number of fused-ring (bicyclic) bond motifs is 5. The number of nitrogens with zero attached hydrogens (tertiary/aromatic N) is 3. The molecule has 3 aromatic rings. The standard InChI is InChI=1S/C38H43ClN4O6S2/c1-47-34-5-3-2-4-16-51(46,41-37(45)28-18-30-22-48-14-13-42(30)21-28)40-36(44)26-7-11-35-33(19-26)43(20-27-6-9-31(27)34)23-38(24-49-35)32-10-8-29(39)17-25(32)12-15-50-38/h3,5,7-8,10-11,17-19,21,27,31,34H,2,4,6,9,12-16,20,22-24H2,1H3,(H,40,41,44,45,46)/b5-3+/t27-,31+,34-,38+,51?/m0/s1. The number of benzene rings is 2. The zero-order valence-corrected chi connectivity index (χ0v) is 31.1. The number of ether oxygens (including phenoxy) is 3. The van der Waals surface area contributed by atoms with E-state index in [2.05, 4.69) is 38.3 Å². The molecular formula is C38H43ClN4O6S2. The average molecular weight is 751 g/mol. The molecule has 4 aliphatic heterocycles. The number of thioether (sulfide) groups is 1. The molecule has 1 unspecified atom stereocenters. The van der Waals surface area contributed by atoms with Crippen molar-refractivity contribution in [1.29, 1.82) is 0 Å². The second kappa shape index (κ2) is 14.3. The van der Waals surface area contributed by atoms with E-state index in [0.717, 1.165) is 48.0 Å². The number of nitrogens with one attached hydrogen (secondary N) is 1. The van der Waals surface area contributed by atoms with E-state index in [4.69, 9.17) is 25.8 Å². The number of anilines is 1. The number of rotatable bonds is 3. The van der Waals surface area contributed by atoms with Gasteiger partial charge in [0.05, 0.1) is 41.1 Å². The van der Waals surface area contributed by atoms with Gasteiger partial charge in [0.25, 0.3) is 11.8 Å². The van der Waals surface area contributed by atoms with Gasteiger partial charge in [-0.2, -0.15) is 0 Å². The Morgan fingerprint density at radius 3 is 2.92 bits per heavy atom. The normalized spacial score (nSPS) is 29.6. The molecule has 5 aliphatic rings. The molecule has 5 atom stereocenters. The van der Waals surface area contributed by atoms with Crippen LogP contribution in [0.25, 0.3) is 0 Å². The van der Waals surface area contributed by atoms with Gasteiger partial charge in [0.2, 0.25) is 0 Å². The van der Waals surface area contributed by atoms with Gasteiger partial charge in [-0.3, -0.25) is 14.3 Å². The number of aryl methyl sites for hydroxylation is 1. The van der Waals surface area contributed by atoms with Gasteiger partial charge in [-0.05, 0) is 97.2 Å². The van der Waals surface area contributed by atoms with Crippen molar-refractivity contribution in [3.63, 3.8) is 0 Å². The predicted molar refractivity (Wildman–Crippen MR) is 200 cm³/mol. The lowest BCUT2D eigenvalue weighted by Gasteiger charge is -2.45. The molecule has 13 heteroatoms. The van der Waals surface area contributed by atoms with E-state index in [9.17, 15) is 13.8 Å². The summed E-state index contributed by atoms with van der Waals surface area (Å²) in [6.07, 6.45) is 10.0. The summed E-state index contributed by atoms with van der Waals surface area (Å²) in [6, 6.07) is 13.3. The number of methoxy groups -OCH3 is 1. The first-order valence-corrected chi connectivity index (χ1v) is 20.8. The van der Waals surface area contributed by atoms with Crippen molar-refractivity contribution in [2.45, 2.75) is 56.1 Å². The molecule has 270 valence electrons. The van der Waals surface area contributed by atoms with Gasteiger partial charge < -0.3 is 23.7 Å². The number of hydrogen-bond acceptors (Lipinski definition) is 8. The Morgan fingerprint density at radius 2 is 2.10 bits per heavy atom. The van der Waals surface area contributed by atoms with Gasteiger partial charge >= 0.3 is 0 Å². The maximum Gasteiger partial charge on any atom is 0.286 e. The number of carbonyl (C=O) groups is 2. The smallest absolute Gasteiger partial charge is 0.286 e. The van der Waals surface area contributed by atoms with E-state index < -0.39 is 21.7 Å². The summed E-state index contributed by atoms with van der Waals surface area (Å²) in [5, 5.41) is 0.733. The molecule has 2 aromatic carbocycles. The van der Waals surface area contributed by atoms with Crippen LogP contribution in [-0.4, -0.2) is 71.6 Å². The molecule has 0 radical (unpaired) electrons. The molecule has 1 N–H and O–H groups in total. The molecule has 1 aromatic heterocycles. The summed E-state index contributed by atoms with van der Waals surface area (Å²) in [6.45, 7) is 3.53. The molecular weight excluding hydrogens is 708 g/mol. The third kappa shape index (κ3) is 6.97. The van der Waals surface area contributed by atoms with Crippen LogP contribution >= 0.6 is 23.4 Å². The zero-order valence-electron chi connectivity index (χ0n) is 28.7. The highest BCUT2D eigenvalue weighted by atomic mass is 35.5. The Morgan fingerprint density at radius 1 is 1.20 bits per heavy atom. The van der Waals surface area contributed by atoms with E-state index >= 15 is 0 Å². The summed E-state index contributed by atoms with van der Waals surface area (Å²) in [4.78, 5) is 29.8. The molecule has 8 rings (SSSR count). The molecule has 1 spiro atoms. The second-order valence-corrected chi connectivity index (χ2v) is 18.1. The zero-order chi connectivity index (χ0) is 35.2. The highest BCUT2D eigenvalue weighted by Crippen LogP contribution is 2.49. The number of amides is 2. The molecule has 10 nitrogen and oxygen atoms in total. The van der Waals surface area contributed by atoms with E-state index in [1.165, 1.54) is 11.1 Å². The minimum absolute atomic E-state index is 0.0263. The lowest BCUT2D eigenvalue weighted by Crippen LogP contribution is -2.48. The summed E-state index contributed by atoms with van der Waals surface area (Å²) in [7, 11) is -1.72. The lowest BCUT2D eigenvalue weighted by molar-refractivity contribution is 0.0134. The molecule has 2 amide bonds. The molecule has 5 heterocycles. The van der Waals surface area contributed by atoms with Gasteiger partial charge in [0.1, 0.15) is 22.3 Å². The van der Waals surface area contributed by atoms with Gasteiger partial charge in [-0.1, -0.05) is 29.8 Å². The van der Waals surface area contributed by atoms with Crippen molar-refractivity contribution < 1.29 is 28.0 Å². The molecule has 51 heavy (non-hydrogen) atoms. The van der Waals surface area contributed by atoms with Crippen LogP contribution in [0.3, 0.4) is 0 Å². The highest BCUT2D eigenvalue weighted by Gasteiger charge is 2.45. The minimum atomic E-state index is -3.48. The third-order valence-electron chi connectivity index (χ3n) is 11.0. The van der Waals surface area contributed by atoms with Gasteiger partial charge in [-0.15, -0.1) is 16.1 Å². The first-order chi connectivity index (χ1) is 24.7. The first kappa shape index (κ1) is 34.8. The Bertz CT molecular complexity index is 1980. The topological polar surface area (TPSA) is 111 Å². The van der Waals surface area contributed by atoms with Crippen LogP contribution in [0.1, 0.15) is 63.2 Å². The maximum atomic E-state index is 14.4. The molecule has 0 saturated heterocycles. The summed E-state index contributed by atoms with van der Waals surface area (Å²) in [5.41, 5.74) is 4.83. The van der Waals surface area contributed by atoms with Gasteiger partial charge in [0, 0.05) is 49.2 Å². The van der Waals surface area contributed by atoms with Crippen LogP contribution in [0, 0.1) is 11.8 Å². The summed E-state index contributed by atoms with van der Waals surface area (Å²) in [5.74, 6) is 1.23. The summed E-state index contributed by atoms with van der Waals surface area (Å²) >= 11 is 8.37. The van der Waals surface area contributed by atoms with Crippen molar-refractivity contribution in [2.75, 3.05) is 49.8 Å². The van der Waals surface area contributed by atoms with Crippen molar-refractivity contribution >= 4 is 50.8 Å².